The van der Waals surface area contributed by atoms with E-state index in [2.05, 4.69) is 15.3 Å². The summed E-state index contributed by atoms with van der Waals surface area (Å²) < 4.78 is 5.29. The molecule has 1 aromatic rings. The highest BCUT2D eigenvalue weighted by Gasteiger charge is 2.43. The van der Waals surface area contributed by atoms with Gasteiger partial charge in [0.2, 0.25) is 0 Å². The van der Waals surface area contributed by atoms with Crippen LogP contribution in [-0.4, -0.2) is 59.4 Å². The van der Waals surface area contributed by atoms with Gasteiger partial charge in [0, 0.05) is 19.3 Å². The van der Waals surface area contributed by atoms with E-state index < -0.39 is 5.54 Å². The maximum Gasteiger partial charge on any atom is 0.273 e. The van der Waals surface area contributed by atoms with Crippen LogP contribution in [0.3, 0.4) is 0 Å². The van der Waals surface area contributed by atoms with Crippen LogP contribution < -0.4 is 5.32 Å². The summed E-state index contributed by atoms with van der Waals surface area (Å²) in [6.07, 6.45) is 1.60. The lowest BCUT2D eigenvalue weighted by Gasteiger charge is -2.28. The Morgan fingerprint density at radius 3 is 2.71 bits per heavy atom. The third-order valence-corrected chi connectivity index (χ3v) is 4.75. The van der Waals surface area contributed by atoms with Crippen molar-refractivity contribution in [1.29, 1.82) is 0 Å². The van der Waals surface area contributed by atoms with Crippen LogP contribution in [0.15, 0.2) is 23.3 Å². The minimum absolute atomic E-state index is 0.0633. The monoisotopic (exact) mass is 330 g/mol. The molecule has 7 nitrogen and oxygen atoms in total. The fourth-order valence-corrected chi connectivity index (χ4v) is 2.75. The van der Waals surface area contributed by atoms with Crippen molar-refractivity contribution in [3.05, 3.63) is 29.6 Å². The molecule has 0 bridgehead atoms. The molecular formula is C17H22N4O3. The fraction of sp³-hybridized carbons (Fsp3) is 0.529. The van der Waals surface area contributed by atoms with E-state index in [-0.39, 0.29) is 17.7 Å². The van der Waals surface area contributed by atoms with Gasteiger partial charge >= 0.3 is 0 Å². The Hall–Kier alpha value is -2.28. The molecule has 0 saturated carbocycles. The molecule has 1 unspecified atom stereocenters. The quantitative estimate of drug-likeness (QED) is 0.888. The molecule has 2 amide bonds. The Kier molecular flexibility index (Phi) is 4.36. The lowest BCUT2D eigenvalue weighted by molar-refractivity contribution is -0.123. The number of carbonyl (C=O) groups is 2. The molecule has 0 aromatic carbocycles. The highest BCUT2D eigenvalue weighted by molar-refractivity contribution is 6.16. The molecule has 0 aliphatic carbocycles. The van der Waals surface area contributed by atoms with Crippen molar-refractivity contribution in [3.63, 3.8) is 0 Å². The van der Waals surface area contributed by atoms with E-state index in [0.29, 0.717) is 43.4 Å². The van der Waals surface area contributed by atoms with Crippen molar-refractivity contribution in [2.45, 2.75) is 26.3 Å². The van der Waals surface area contributed by atoms with Crippen LogP contribution in [0.25, 0.3) is 0 Å². The molecule has 1 atom stereocenters. The van der Waals surface area contributed by atoms with Crippen LogP contribution in [0, 0.1) is 5.92 Å². The average Bonchev–Trinajstić information content (AvgIpc) is 2.91. The molecule has 0 spiro atoms. The SMILES string of the molecule is CC(C)C1(C)NC(c2ncccc2C(=O)N2CCOCC2)=NC1=O. The largest absolute Gasteiger partial charge is 0.378 e. The highest BCUT2D eigenvalue weighted by Crippen LogP contribution is 2.25. The van der Waals surface area contributed by atoms with Crippen molar-refractivity contribution >= 4 is 17.6 Å². The Morgan fingerprint density at radius 2 is 2.08 bits per heavy atom. The third-order valence-electron chi connectivity index (χ3n) is 4.75. The van der Waals surface area contributed by atoms with E-state index in [1.807, 2.05) is 20.8 Å². The first-order chi connectivity index (χ1) is 11.4. The Labute approximate surface area is 141 Å². The van der Waals surface area contributed by atoms with Crippen LogP contribution in [0.4, 0.5) is 0 Å². The minimum atomic E-state index is -0.772. The van der Waals surface area contributed by atoms with Crippen LogP contribution in [-0.2, 0) is 9.53 Å². The predicted molar refractivity (Wildman–Crippen MR) is 88.9 cm³/mol. The number of hydrogen-bond donors (Lipinski definition) is 1. The second kappa shape index (κ2) is 6.32. The van der Waals surface area contributed by atoms with E-state index >= 15 is 0 Å². The number of aliphatic imine (C=N–C) groups is 1. The number of aromatic nitrogens is 1. The van der Waals surface area contributed by atoms with Gasteiger partial charge in [-0.15, -0.1) is 0 Å². The van der Waals surface area contributed by atoms with Gasteiger partial charge in [-0.1, -0.05) is 13.8 Å². The molecule has 1 fully saturated rings. The third kappa shape index (κ3) is 2.80. The van der Waals surface area contributed by atoms with E-state index in [1.54, 1.807) is 23.2 Å². The van der Waals surface area contributed by atoms with Crippen molar-refractivity contribution in [2.75, 3.05) is 26.3 Å². The molecule has 7 heteroatoms. The molecule has 3 heterocycles. The molecule has 128 valence electrons. The number of amides is 2. The normalized spacial score (nSPS) is 24.1. The zero-order chi connectivity index (χ0) is 17.3. The Morgan fingerprint density at radius 1 is 1.38 bits per heavy atom. The summed E-state index contributed by atoms with van der Waals surface area (Å²) in [4.78, 5) is 35.3. The fourth-order valence-electron chi connectivity index (χ4n) is 2.75. The summed E-state index contributed by atoms with van der Waals surface area (Å²) in [5, 5.41) is 3.17. The molecule has 24 heavy (non-hydrogen) atoms. The smallest absolute Gasteiger partial charge is 0.273 e. The molecular weight excluding hydrogens is 308 g/mol. The molecule has 3 rings (SSSR count). The minimum Gasteiger partial charge on any atom is -0.378 e. The second-order valence-corrected chi connectivity index (χ2v) is 6.55. The highest BCUT2D eigenvalue weighted by atomic mass is 16.5. The van der Waals surface area contributed by atoms with E-state index in [1.165, 1.54) is 0 Å². The average molecular weight is 330 g/mol. The summed E-state index contributed by atoms with van der Waals surface area (Å²) in [6.45, 7) is 7.91. The summed E-state index contributed by atoms with van der Waals surface area (Å²) in [6, 6.07) is 3.44. The molecule has 1 aromatic heterocycles. The first-order valence-electron chi connectivity index (χ1n) is 8.17. The standard InChI is InChI=1S/C17H22N4O3/c1-11(2)17(3)16(23)19-14(20-17)13-12(5-4-6-18-13)15(22)21-7-9-24-10-8-21/h4-6,11H,7-10H2,1-3H3,(H,19,20,23). The van der Waals surface area contributed by atoms with Gasteiger partial charge in [0.1, 0.15) is 11.2 Å². The number of nitrogens with zero attached hydrogens (tertiary/aromatic N) is 3. The van der Waals surface area contributed by atoms with Crippen molar-refractivity contribution < 1.29 is 14.3 Å². The number of rotatable bonds is 3. The maximum atomic E-state index is 12.8. The summed E-state index contributed by atoms with van der Waals surface area (Å²) in [7, 11) is 0. The van der Waals surface area contributed by atoms with Gasteiger partial charge in [0.15, 0.2) is 5.84 Å². The van der Waals surface area contributed by atoms with Gasteiger partial charge in [-0.2, -0.15) is 4.99 Å². The molecule has 0 radical (unpaired) electrons. The van der Waals surface area contributed by atoms with E-state index in [4.69, 9.17) is 4.74 Å². The summed E-state index contributed by atoms with van der Waals surface area (Å²) in [5.74, 6) is 0.0844. The zero-order valence-corrected chi connectivity index (χ0v) is 14.2. The lowest BCUT2D eigenvalue weighted by atomic mass is 9.88. The number of nitrogens with one attached hydrogen (secondary N) is 1. The molecule has 1 N–H and O–H groups in total. The van der Waals surface area contributed by atoms with Crippen LogP contribution >= 0.6 is 0 Å². The van der Waals surface area contributed by atoms with Gasteiger partial charge in [-0.3, -0.25) is 14.6 Å². The Bertz CT molecular complexity index is 695. The second-order valence-electron chi connectivity index (χ2n) is 6.55. The lowest BCUT2D eigenvalue weighted by Crippen LogP contribution is -2.50. The van der Waals surface area contributed by atoms with Gasteiger partial charge in [0.05, 0.1) is 18.8 Å². The number of morpholine rings is 1. The van der Waals surface area contributed by atoms with Crippen molar-refractivity contribution in [1.82, 2.24) is 15.2 Å². The molecule has 2 aliphatic rings. The molecule has 2 aliphatic heterocycles. The first-order valence-corrected chi connectivity index (χ1v) is 8.17. The number of hydrogen-bond acceptors (Lipinski definition) is 5. The zero-order valence-electron chi connectivity index (χ0n) is 14.2. The van der Waals surface area contributed by atoms with Crippen molar-refractivity contribution in [3.8, 4) is 0 Å². The predicted octanol–water partition coefficient (Wildman–Crippen LogP) is 0.845. The van der Waals surface area contributed by atoms with Crippen LogP contribution in [0.1, 0.15) is 36.8 Å². The first kappa shape index (κ1) is 16.6. The maximum absolute atomic E-state index is 12.8. The van der Waals surface area contributed by atoms with Crippen LogP contribution in [0.2, 0.25) is 0 Å². The number of ether oxygens (including phenoxy) is 1. The summed E-state index contributed by atoms with van der Waals surface area (Å²) >= 11 is 0. The number of amidine groups is 1. The van der Waals surface area contributed by atoms with Crippen LogP contribution in [0.5, 0.6) is 0 Å². The Balaban J connectivity index is 1.92. The van der Waals surface area contributed by atoms with Gasteiger partial charge < -0.3 is 15.0 Å². The van der Waals surface area contributed by atoms with Crippen molar-refractivity contribution in [2.24, 2.45) is 10.9 Å². The molecule has 1 saturated heterocycles. The van der Waals surface area contributed by atoms with Gasteiger partial charge in [-0.05, 0) is 25.0 Å². The topological polar surface area (TPSA) is 83.9 Å². The van der Waals surface area contributed by atoms with Gasteiger partial charge in [-0.25, -0.2) is 0 Å². The van der Waals surface area contributed by atoms with E-state index in [0.717, 1.165) is 0 Å². The van der Waals surface area contributed by atoms with E-state index in [9.17, 15) is 9.59 Å². The van der Waals surface area contributed by atoms with Gasteiger partial charge in [0.25, 0.3) is 11.8 Å². The summed E-state index contributed by atoms with van der Waals surface area (Å²) in [5.41, 5.74) is 0.102. The number of carbonyl (C=O) groups excluding carboxylic acids is 2. The number of pyridine rings is 1.